The maximum absolute atomic E-state index is 13.3. The zero-order valence-electron chi connectivity index (χ0n) is 10.2. The topological polar surface area (TPSA) is 76.4 Å². The van der Waals surface area contributed by atoms with E-state index in [0.29, 0.717) is 0 Å². The number of amides is 1. The number of carbonyl (C=O) groups is 1. The lowest BCUT2D eigenvalue weighted by atomic mass is 10.2. The van der Waals surface area contributed by atoms with Crippen molar-refractivity contribution in [3.63, 3.8) is 0 Å². The zero-order chi connectivity index (χ0) is 14.4. The van der Waals surface area contributed by atoms with E-state index in [-0.39, 0.29) is 30.2 Å². The number of benzene rings is 1. The molecular formula is C11H14F3N3O2. The van der Waals surface area contributed by atoms with Crippen LogP contribution in [0.2, 0.25) is 0 Å². The Morgan fingerprint density at radius 3 is 2.74 bits per heavy atom. The van der Waals surface area contributed by atoms with Crippen LogP contribution < -0.4 is 21.1 Å². The van der Waals surface area contributed by atoms with Gasteiger partial charge in [-0.25, -0.2) is 4.39 Å². The van der Waals surface area contributed by atoms with Crippen molar-refractivity contribution in [2.24, 2.45) is 0 Å². The predicted octanol–water partition coefficient (Wildman–Crippen LogP) is 1.56. The van der Waals surface area contributed by atoms with E-state index in [2.05, 4.69) is 15.4 Å². The van der Waals surface area contributed by atoms with Gasteiger partial charge in [0.1, 0.15) is 0 Å². The number of alkyl halides is 2. The Bertz CT molecular complexity index is 455. The van der Waals surface area contributed by atoms with Crippen molar-refractivity contribution in [1.29, 1.82) is 0 Å². The molecule has 19 heavy (non-hydrogen) atoms. The number of nitrogens with two attached hydrogens (primary N) is 1. The van der Waals surface area contributed by atoms with Gasteiger partial charge >= 0.3 is 6.61 Å². The summed E-state index contributed by atoms with van der Waals surface area (Å²) in [5.41, 5.74) is 5.79. The standard InChI is InChI=1S/C11H14F3N3O2/c1-16-10(18)2-3-17-8-5-9(19-11(13)14)6(12)4-7(8)15/h4-5,11,17H,2-3,15H2,1H3,(H,16,18). The highest BCUT2D eigenvalue weighted by Gasteiger charge is 2.13. The van der Waals surface area contributed by atoms with Crippen molar-refractivity contribution in [2.45, 2.75) is 13.0 Å². The molecule has 5 nitrogen and oxygen atoms in total. The van der Waals surface area contributed by atoms with Crippen molar-refractivity contribution < 1.29 is 22.7 Å². The Labute approximate surface area is 107 Å². The van der Waals surface area contributed by atoms with Gasteiger partial charge in [0.2, 0.25) is 5.91 Å². The normalized spacial score (nSPS) is 10.4. The maximum atomic E-state index is 13.3. The van der Waals surface area contributed by atoms with Gasteiger partial charge in [0.15, 0.2) is 11.6 Å². The van der Waals surface area contributed by atoms with Gasteiger partial charge in [0.25, 0.3) is 0 Å². The molecule has 0 fully saturated rings. The maximum Gasteiger partial charge on any atom is 0.387 e. The van der Waals surface area contributed by atoms with E-state index in [1.807, 2.05) is 0 Å². The molecule has 0 bridgehead atoms. The minimum atomic E-state index is -3.13. The summed E-state index contributed by atoms with van der Waals surface area (Å²) >= 11 is 0. The van der Waals surface area contributed by atoms with Crippen LogP contribution in [-0.2, 0) is 4.79 Å². The molecule has 0 unspecified atom stereocenters. The third kappa shape index (κ3) is 4.57. The first kappa shape index (κ1) is 14.9. The smallest absolute Gasteiger partial charge is 0.387 e. The number of anilines is 2. The highest BCUT2D eigenvalue weighted by molar-refractivity contribution is 5.76. The van der Waals surface area contributed by atoms with Crippen LogP contribution in [0.1, 0.15) is 6.42 Å². The molecule has 4 N–H and O–H groups in total. The van der Waals surface area contributed by atoms with E-state index >= 15 is 0 Å². The molecule has 1 aromatic rings. The van der Waals surface area contributed by atoms with Crippen molar-refractivity contribution in [3.8, 4) is 5.75 Å². The van der Waals surface area contributed by atoms with Crippen LogP contribution in [0.15, 0.2) is 12.1 Å². The number of hydrogen-bond acceptors (Lipinski definition) is 4. The minimum absolute atomic E-state index is 0.0380. The summed E-state index contributed by atoms with van der Waals surface area (Å²) in [6.07, 6.45) is 0.165. The van der Waals surface area contributed by atoms with Gasteiger partial charge in [0.05, 0.1) is 11.4 Å². The second kappa shape index (κ2) is 6.72. The van der Waals surface area contributed by atoms with Gasteiger partial charge in [-0.1, -0.05) is 0 Å². The minimum Gasteiger partial charge on any atom is -0.432 e. The molecule has 1 amide bonds. The van der Waals surface area contributed by atoms with Gasteiger partial charge < -0.3 is 21.1 Å². The molecule has 1 rings (SSSR count). The third-order valence-corrected chi connectivity index (χ3v) is 2.27. The molecule has 0 spiro atoms. The summed E-state index contributed by atoms with van der Waals surface area (Å²) < 4.78 is 41.4. The molecule has 0 saturated carbocycles. The molecule has 8 heteroatoms. The molecule has 0 atom stereocenters. The van der Waals surface area contributed by atoms with Gasteiger partial charge in [-0.15, -0.1) is 0 Å². The molecule has 0 aromatic heterocycles. The van der Waals surface area contributed by atoms with E-state index < -0.39 is 18.2 Å². The van der Waals surface area contributed by atoms with Crippen molar-refractivity contribution >= 4 is 17.3 Å². The van der Waals surface area contributed by atoms with Gasteiger partial charge in [-0.05, 0) is 0 Å². The van der Waals surface area contributed by atoms with Crippen LogP contribution in [0.3, 0.4) is 0 Å². The summed E-state index contributed by atoms with van der Waals surface area (Å²) in [4.78, 5) is 11.0. The molecule has 0 saturated heterocycles. The summed E-state index contributed by atoms with van der Waals surface area (Å²) in [6.45, 7) is -2.90. The first-order valence-electron chi connectivity index (χ1n) is 5.42. The lowest BCUT2D eigenvalue weighted by Gasteiger charge is -2.12. The molecule has 0 radical (unpaired) electrons. The number of nitrogen functional groups attached to an aromatic ring is 1. The number of ether oxygens (including phenoxy) is 1. The molecule has 106 valence electrons. The SMILES string of the molecule is CNC(=O)CCNc1cc(OC(F)F)c(F)cc1N. The van der Waals surface area contributed by atoms with Crippen molar-refractivity contribution in [2.75, 3.05) is 24.6 Å². The highest BCUT2D eigenvalue weighted by atomic mass is 19.3. The Hall–Kier alpha value is -2.12. The van der Waals surface area contributed by atoms with Crippen molar-refractivity contribution in [1.82, 2.24) is 5.32 Å². The molecule has 0 aliphatic rings. The number of nitrogens with one attached hydrogen (secondary N) is 2. The van der Waals surface area contributed by atoms with Gasteiger partial charge in [-0.3, -0.25) is 4.79 Å². The van der Waals surface area contributed by atoms with Gasteiger partial charge in [-0.2, -0.15) is 8.78 Å². The Morgan fingerprint density at radius 1 is 1.47 bits per heavy atom. The third-order valence-electron chi connectivity index (χ3n) is 2.27. The molecular weight excluding hydrogens is 263 g/mol. The zero-order valence-corrected chi connectivity index (χ0v) is 10.2. The second-order valence-electron chi connectivity index (χ2n) is 3.60. The largest absolute Gasteiger partial charge is 0.432 e. The summed E-state index contributed by atoms with van der Waals surface area (Å²) in [7, 11) is 1.49. The fraction of sp³-hybridized carbons (Fsp3) is 0.364. The van der Waals surface area contributed by atoms with E-state index in [4.69, 9.17) is 5.73 Å². The summed E-state index contributed by atoms with van der Waals surface area (Å²) in [5.74, 6) is -1.78. The van der Waals surface area contributed by atoms with E-state index in [0.717, 1.165) is 12.1 Å². The summed E-state index contributed by atoms with van der Waals surface area (Å²) in [6, 6.07) is 1.90. The summed E-state index contributed by atoms with van der Waals surface area (Å²) in [5, 5.41) is 5.16. The number of carbonyl (C=O) groups excluding carboxylic acids is 1. The molecule has 0 aliphatic carbocycles. The lowest BCUT2D eigenvalue weighted by Crippen LogP contribution is -2.21. The van der Waals surface area contributed by atoms with E-state index in [1.54, 1.807) is 0 Å². The van der Waals surface area contributed by atoms with Crippen LogP contribution in [0, 0.1) is 5.82 Å². The number of hydrogen-bond donors (Lipinski definition) is 3. The first-order valence-corrected chi connectivity index (χ1v) is 5.42. The van der Waals surface area contributed by atoms with Crippen LogP contribution >= 0.6 is 0 Å². The first-order chi connectivity index (χ1) is 8.93. The fourth-order valence-electron chi connectivity index (χ4n) is 1.34. The molecule has 0 heterocycles. The van der Waals surface area contributed by atoms with Crippen LogP contribution in [-0.4, -0.2) is 26.1 Å². The average molecular weight is 277 g/mol. The monoisotopic (exact) mass is 277 g/mol. The van der Waals surface area contributed by atoms with E-state index in [1.165, 1.54) is 7.05 Å². The van der Waals surface area contributed by atoms with E-state index in [9.17, 15) is 18.0 Å². The molecule has 0 aliphatic heterocycles. The quantitative estimate of drug-likeness (QED) is 0.690. The Morgan fingerprint density at radius 2 is 2.16 bits per heavy atom. The predicted molar refractivity (Wildman–Crippen MR) is 64.6 cm³/mol. The number of rotatable bonds is 6. The van der Waals surface area contributed by atoms with Crippen LogP contribution in [0.4, 0.5) is 24.5 Å². The van der Waals surface area contributed by atoms with Crippen LogP contribution in [0.5, 0.6) is 5.75 Å². The highest BCUT2D eigenvalue weighted by Crippen LogP contribution is 2.29. The van der Waals surface area contributed by atoms with Crippen molar-refractivity contribution in [3.05, 3.63) is 17.9 Å². The van der Waals surface area contributed by atoms with Gasteiger partial charge in [0, 0.05) is 32.1 Å². The average Bonchev–Trinajstić information content (AvgIpc) is 2.33. The number of halogens is 3. The fourth-order valence-corrected chi connectivity index (χ4v) is 1.34. The second-order valence-corrected chi connectivity index (χ2v) is 3.60. The Kier molecular flexibility index (Phi) is 5.28. The lowest BCUT2D eigenvalue weighted by molar-refractivity contribution is -0.120. The Balaban J connectivity index is 2.74. The van der Waals surface area contributed by atoms with Crippen LogP contribution in [0.25, 0.3) is 0 Å². The molecule has 1 aromatic carbocycles.